The summed E-state index contributed by atoms with van der Waals surface area (Å²) in [4.78, 5) is 25.2. The zero-order valence-corrected chi connectivity index (χ0v) is 17.2. The number of benzene rings is 2. The summed E-state index contributed by atoms with van der Waals surface area (Å²) in [6.07, 6.45) is 2.50. The van der Waals surface area contributed by atoms with Crippen molar-refractivity contribution in [3.05, 3.63) is 71.5 Å². The first-order chi connectivity index (χ1) is 14.6. The summed E-state index contributed by atoms with van der Waals surface area (Å²) in [5, 5.41) is 8.12. The molecule has 30 heavy (non-hydrogen) atoms. The Morgan fingerprint density at radius 3 is 2.53 bits per heavy atom. The molecule has 4 rings (SSSR count). The number of ketones is 1. The maximum absolute atomic E-state index is 13.0. The van der Waals surface area contributed by atoms with Gasteiger partial charge in [-0.25, -0.2) is 9.48 Å². The van der Waals surface area contributed by atoms with Gasteiger partial charge in [0.1, 0.15) is 0 Å². The van der Waals surface area contributed by atoms with Crippen LogP contribution in [0, 0.1) is 5.92 Å². The van der Waals surface area contributed by atoms with Crippen LogP contribution >= 0.6 is 0 Å². The van der Waals surface area contributed by atoms with Gasteiger partial charge in [0, 0.05) is 11.6 Å². The summed E-state index contributed by atoms with van der Waals surface area (Å²) >= 11 is 0. The Morgan fingerprint density at radius 1 is 1.10 bits per heavy atom. The van der Waals surface area contributed by atoms with Crippen molar-refractivity contribution in [2.75, 3.05) is 11.9 Å². The van der Waals surface area contributed by atoms with Crippen LogP contribution in [0.15, 0.2) is 54.6 Å². The van der Waals surface area contributed by atoms with Gasteiger partial charge in [0.15, 0.2) is 11.5 Å². The number of ether oxygens (including phenoxy) is 1. The number of hydrogen-bond donors (Lipinski definition) is 1. The van der Waals surface area contributed by atoms with E-state index in [1.54, 1.807) is 29.8 Å². The van der Waals surface area contributed by atoms with Gasteiger partial charge in [0.25, 0.3) is 0 Å². The standard InChI is InChI=1S/C24H25N3O3/c1-3-20-21(25-18-10-6-5-7-11-18)22(23(28)16-13-14-16)26-27(20)19-12-8-9-17(15-19)24(29)30-4-2/h5-12,15-16,25H,3-4,13-14H2,1-2H3. The Balaban J connectivity index is 1.80. The number of rotatable bonds is 8. The van der Waals surface area contributed by atoms with Crippen LogP contribution in [-0.2, 0) is 11.2 Å². The summed E-state index contributed by atoms with van der Waals surface area (Å²) in [5.41, 5.74) is 4.17. The Kier molecular flexibility index (Phi) is 5.65. The number of carbonyl (C=O) groups excluding carboxylic acids is 2. The molecule has 0 spiro atoms. The fourth-order valence-electron chi connectivity index (χ4n) is 3.48. The largest absolute Gasteiger partial charge is 0.462 e. The number of carbonyl (C=O) groups is 2. The first kappa shape index (κ1) is 19.9. The summed E-state index contributed by atoms with van der Waals surface area (Å²) in [5.74, 6) is -0.245. The molecule has 3 aromatic rings. The molecule has 6 heteroatoms. The van der Waals surface area contributed by atoms with E-state index >= 15 is 0 Å². The minimum Gasteiger partial charge on any atom is -0.462 e. The van der Waals surface area contributed by atoms with E-state index in [1.807, 2.05) is 43.3 Å². The molecular formula is C24H25N3O3. The van der Waals surface area contributed by atoms with E-state index in [1.165, 1.54) is 0 Å². The van der Waals surface area contributed by atoms with Crippen molar-refractivity contribution < 1.29 is 14.3 Å². The highest BCUT2D eigenvalue weighted by Crippen LogP contribution is 2.37. The first-order valence-electron chi connectivity index (χ1n) is 10.4. The summed E-state index contributed by atoms with van der Waals surface area (Å²) < 4.78 is 6.89. The molecule has 6 nitrogen and oxygen atoms in total. The van der Waals surface area contributed by atoms with Gasteiger partial charge in [-0.05, 0) is 56.5 Å². The van der Waals surface area contributed by atoms with E-state index in [0.717, 1.165) is 35.6 Å². The van der Waals surface area contributed by atoms with Crippen LogP contribution in [0.5, 0.6) is 0 Å². The van der Waals surface area contributed by atoms with Crippen molar-refractivity contribution in [1.82, 2.24) is 9.78 Å². The predicted molar refractivity (Wildman–Crippen MR) is 116 cm³/mol. The zero-order valence-electron chi connectivity index (χ0n) is 17.2. The van der Waals surface area contributed by atoms with Gasteiger partial charge in [-0.3, -0.25) is 4.79 Å². The normalized spacial score (nSPS) is 13.1. The molecule has 1 aliphatic carbocycles. The van der Waals surface area contributed by atoms with E-state index in [-0.39, 0.29) is 17.7 Å². The molecule has 2 aromatic carbocycles. The third kappa shape index (κ3) is 3.99. The molecule has 0 bridgehead atoms. The lowest BCUT2D eigenvalue weighted by molar-refractivity contribution is 0.0526. The molecule has 0 saturated heterocycles. The molecule has 1 N–H and O–H groups in total. The lowest BCUT2D eigenvalue weighted by Gasteiger charge is -2.11. The number of aromatic nitrogens is 2. The van der Waals surface area contributed by atoms with Gasteiger partial charge < -0.3 is 10.1 Å². The van der Waals surface area contributed by atoms with Crippen LogP contribution < -0.4 is 5.32 Å². The van der Waals surface area contributed by atoms with Gasteiger partial charge in [-0.1, -0.05) is 31.2 Å². The topological polar surface area (TPSA) is 73.2 Å². The lowest BCUT2D eigenvalue weighted by atomic mass is 10.1. The van der Waals surface area contributed by atoms with Crippen LogP contribution in [-0.4, -0.2) is 28.1 Å². The summed E-state index contributed by atoms with van der Waals surface area (Å²) in [7, 11) is 0. The van der Waals surface area contributed by atoms with Crippen LogP contribution in [0.2, 0.25) is 0 Å². The van der Waals surface area contributed by atoms with E-state index in [0.29, 0.717) is 24.3 Å². The van der Waals surface area contributed by atoms with Crippen molar-refractivity contribution >= 4 is 23.1 Å². The number of hydrogen-bond acceptors (Lipinski definition) is 5. The molecular weight excluding hydrogens is 378 g/mol. The minimum absolute atomic E-state index is 0.0558. The molecule has 1 aromatic heterocycles. The SMILES string of the molecule is CCOC(=O)c1cccc(-n2nc(C(=O)C3CC3)c(Nc3ccccc3)c2CC)c1. The molecule has 1 fully saturated rings. The average Bonchev–Trinajstić information content (AvgIpc) is 3.56. The molecule has 1 heterocycles. The Hall–Kier alpha value is -3.41. The molecule has 154 valence electrons. The Morgan fingerprint density at radius 2 is 1.87 bits per heavy atom. The van der Waals surface area contributed by atoms with Gasteiger partial charge >= 0.3 is 5.97 Å². The van der Waals surface area contributed by atoms with E-state index in [4.69, 9.17) is 9.84 Å². The third-order valence-electron chi connectivity index (χ3n) is 5.14. The monoisotopic (exact) mass is 403 g/mol. The zero-order chi connectivity index (χ0) is 21.1. The number of nitrogens with one attached hydrogen (secondary N) is 1. The van der Waals surface area contributed by atoms with Crippen molar-refractivity contribution in [2.24, 2.45) is 5.92 Å². The number of esters is 1. The molecule has 1 aliphatic rings. The van der Waals surface area contributed by atoms with Crippen molar-refractivity contribution in [3.8, 4) is 5.69 Å². The van der Waals surface area contributed by atoms with E-state index in [2.05, 4.69) is 5.32 Å². The Bertz CT molecular complexity index is 1070. The fourth-order valence-corrected chi connectivity index (χ4v) is 3.48. The Labute approximate surface area is 175 Å². The smallest absolute Gasteiger partial charge is 0.338 e. The predicted octanol–water partition coefficient (Wildman–Crippen LogP) is 4.95. The summed E-state index contributed by atoms with van der Waals surface area (Å²) in [6, 6.07) is 16.9. The van der Waals surface area contributed by atoms with Crippen LogP contribution in [0.1, 0.15) is 53.2 Å². The molecule has 0 unspecified atom stereocenters. The van der Waals surface area contributed by atoms with Crippen LogP contribution in [0.4, 0.5) is 11.4 Å². The van der Waals surface area contributed by atoms with E-state index in [9.17, 15) is 9.59 Å². The average molecular weight is 403 g/mol. The third-order valence-corrected chi connectivity index (χ3v) is 5.14. The number of para-hydroxylation sites is 1. The van der Waals surface area contributed by atoms with Crippen molar-refractivity contribution in [2.45, 2.75) is 33.1 Å². The minimum atomic E-state index is -0.374. The summed E-state index contributed by atoms with van der Waals surface area (Å²) in [6.45, 7) is 4.13. The number of nitrogens with zero attached hydrogens (tertiary/aromatic N) is 2. The van der Waals surface area contributed by atoms with Crippen molar-refractivity contribution in [1.29, 1.82) is 0 Å². The van der Waals surface area contributed by atoms with Gasteiger partial charge in [0.05, 0.1) is 29.2 Å². The number of Topliss-reactive ketones (excluding diaryl/α,β-unsaturated/α-hetero) is 1. The second-order valence-corrected chi connectivity index (χ2v) is 7.34. The second-order valence-electron chi connectivity index (χ2n) is 7.34. The first-order valence-corrected chi connectivity index (χ1v) is 10.4. The highest BCUT2D eigenvalue weighted by atomic mass is 16.5. The van der Waals surface area contributed by atoms with Crippen molar-refractivity contribution in [3.63, 3.8) is 0 Å². The van der Waals surface area contributed by atoms with Crippen LogP contribution in [0.25, 0.3) is 5.69 Å². The van der Waals surface area contributed by atoms with E-state index < -0.39 is 0 Å². The van der Waals surface area contributed by atoms with Gasteiger partial charge in [-0.15, -0.1) is 0 Å². The fraction of sp³-hybridized carbons (Fsp3) is 0.292. The number of anilines is 2. The molecule has 0 amide bonds. The molecule has 0 aliphatic heterocycles. The molecule has 1 saturated carbocycles. The van der Waals surface area contributed by atoms with Gasteiger partial charge in [-0.2, -0.15) is 5.10 Å². The maximum atomic E-state index is 13.0. The van der Waals surface area contributed by atoms with Gasteiger partial charge in [0.2, 0.25) is 0 Å². The lowest BCUT2D eigenvalue weighted by Crippen LogP contribution is -2.08. The molecule has 0 radical (unpaired) electrons. The van der Waals surface area contributed by atoms with Crippen LogP contribution in [0.3, 0.4) is 0 Å². The second kappa shape index (κ2) is 8.53. The highest BCUT2D eigenvalue weighted by Gasteiger charge is 2.35. The molecule has 0 atom stereocenters. The quantitative estimate of drug-likeness (QED) is 0.426. The maximum Gasteiger partial charge on any atom is 0.338 e. The highest BCUT2D eigenvalue weighted by molar-refractivity contribution is 6.03.